The van der Waals surface area contributed by atoms with Crippen LogP contribution in [0.4, 0.5) is 4.39 Å². The highest BCUT2D eigenvalue weighted by atomic mass is 32.2. The Morgan fingerprint density at radius 1 is 1.65 bits per heavy atom. The van der Waals surface area contributed by atoms with Crippen LogP contribution in [-0.2, 0) is 13.5 Å². The summed E-state index contributed by atoms with van der Waals surface area (Å²) in [6.45, 7) is -0.362. The van der Waals surface area contributed by atoms with Crippen LogP contribution in [-0.4, -0.2) is 33.8 Å². The van der Waals surface area contributed by atoms with E-state index in [-0.39, 0.29) is 12.2 Å². The zero-order valence-corrected chi connectivity index (χ0v) is 12.8. The maximum atomic E-state index is 12.2. The second-order valence-corrected chi connectivity index (χ2v) is 5.84. The number of nitrogens with zero attached hydrogens (tertiary/aromatic N) is 2. The average Bonchev–Trinajstić information content (AvgIpc) is 2.99. The van der Waals surface area contributed by atoms with Crippen molar-refractivity contribution in [1.29, 1.82) is 0 Å². The molecule has 0 aliphatic heterocycles. The second-order valence-electron chi connectivity index (χ2n) is 4.19. The number of hydrogen-bond acceptors (Lipinski definition) is 4. The minimum atomic E-state index is -0.990. The van der Waals surface area contributed by atoms with E-state index in [1.165, 1.54) is 23.1 Å². The Morgan fingerprint density at radius 2 is 2.40 bits per heavy atom. The van der Waals surface area contributed by atoms with Crippen molar-refractivity contribution in [2.75, 3.05) is 12.9 Å². The van der Waals surface area contributed by atoms with Crippen molar-refractivity contribution in [1.82, 2.24) is 9.78 Å². The highest BCUT2D eigenvalue weighted by molar-refractivity contribution is 7.98. The molecule has 0 spiro atoms. The molecule has 0 saturated carbocycles. The van der Waals surface area contributed by atoms with Gasteiger partial charge >= 0.3 is 5.97 Å². The molecule has 2 rings (SSSR count). The average molecular weight is 313 g/mol. The van der Waals surface area contributed by atoms with Gasteiger partial charge in [0.15, 0.2) is 0 Å². The number of aryl methyl sites for hydroxylation is 2. The molecule has 2 aromatic heterocycles. The van der Waals surface area contributed by atoms with E-state index in [1.54, 1.807) is 11.7 Å². The van der Waals surface area contributed by atoms with Crippen LogP contribution in [0, 0.1) is 5.38 Å². The molecule has 0 amide bonds. The van der Waals surface area contributed by atoms with Crippen LogP contribution in [0.15, 0.2) is 11.1 Å². The summed E-state index contributed by atoms with van der Waals surface area (Å²) in [4.78, 5) is 12.2. The Kier molecular flexibility index (Phi) is 4.82. The molecule has 1 N–H and O–H groups in total. The van der Waals surface area contributed by atoms with Crippen molar-refractivity contribution in [2.24, 2.45) is 7.05 Å². The summed E-state index contributed by atoms with van der Waals surface area (Å²) in [6.07, 6.45) is 2.88. The number of rotatable bonds is 6. The number of carbonyl (C=O) groups is 1. The third kappa shape index (κ3) is 2.88. The Labute approximate surface area is 124 Å². The lowest BCUT2D eigenvalue weighted by atomic mass is 10.1. The minimum Gasteiger partial charge on any atom is -0.478 e. The molecule has 0 atom stereocenters. The second kappa shape index (κ2) is 6.41. The maximum Gasteiger partial charge on any atom is 0.340 e. The number of hydrogen-bond donors (Lipinski definition) is 1. The molecule has 107 valence electrons. The lowest BCUT2D eigenvalue weighted by Crippen LogP contribution is -1.99. The Hall–Kier alpha value is -1.34. The lowest BCUT2D eigenvalue weighted by Gasteiger charge is -1.98. The first-order valence-corrected chi connectivity index (χ1v) is 8.03. The van der Waals surface area contributed by atoms with Crippen molar-refractivity contribution in [3.8, 4) is 10.6 Å². The summed E-state index contributed by atoms with van der Waals surface area (Å²) in [5, 5.41) is 17.4. The number of aromatic nitrogens is 2. The fraction of sp³-hybridized carbons (Fsp3) is 0.385. The van der Waals surface area contributed by atoms with Gasteiger partial charge < -0.3 is 5.11 Å². The van der Waals surface area contributed by atoms with Crippen molar-refractivity contribution in [3.63, 3.8) is 0 Å². The van der Waals surface area contributed by atoms with E-state index in [0.29, 0.717) is 23.6 Å². The van der Waals surface area contributed by atoms with Gasteiger partial charge in [-0.1, -0.05) is 0 Å². The predicted octanol–water partition coefficient (Wildman–Crippen LogP) is 3.27. The minimum absolute atomic E-state index is 0.215. The molecule has 7 heteroatoms. The number of halogens is 1. The summed E-state index contributed by atoms with van der Waals surface area (Å²) in [7, 11) is 1.73. The Balaban J connectivity index is 2.42. The van der Waals surface area contributed by atoms with Crippen LogP contribution in [0.1, 0.15) is 22.3 Å². The zero-order chi connectivity index (χ0) is 14.7. The third-order valence-corrected chi connectivity index (χ3v) is 4.56. The molecular formula is C13H14FN2O2S2. The van der Waals surface area contributed by atoms with Gasteiger partial charge in [0.25, 0.3) is 0 Å². The SMILES string of the molecule is CSc1c(C(=O)O)c(-c2cc(CCCF)[c]s2)nn1C. The largest absolute Gasteiger partial charge is 0.478 e. The topological polar surface area (TPSA) is 55.1 Å². The number of aromatic carboxylic acids is 1. The van der Waals surface area contributed by atoms with Gasteiger partial charge in [0.1, 0.15) is 16.3 Å². The summed E-state index contributed by atoms with van der Waals surface area (Å²) in [5.74, 6) is -0.990. The smallest absolute Gasteiger partial charge is 0.340 e. The van der Waals surface area contributed by atoms with Crippen molar-refractivity contribution in [3.05, 3.63) is 22.6 Å². The molecule has 0 unspecified atom stereocenters. The van der Waals surface area contributed by atoms with E-state index >= 15 is 0 Å². The highest BCUT2D eigenvalue weighted by Crippen LogP contribution is 2.33. The molecule has 0 fully saturated rings. The summed E-state index contributed by atoms with van der Waals surface area (Å²) >= 11 is 2.67. The Bertz CT molecular complexity index is 622. The van der Waals surface area contributed by atoms with Gasteiger partial charge in [-0.25, -0.2) is 4.79 Å². The molecule has 1 radical (unpaired) electrons. The number of carboxylic acids is 1. The molecule has 0 aromatic carbocycles. The van der Waals surface area contributed by atoms with Gasteiger partial charge in [0, 0.05) is 12.4 Å². The number of thioether (sulfide) groups is 1. The van der Waals surface area contributed by atoms with E-state index in [0.717, 1.165) is 10.4 Å². The normalized spacial score (nSPS) is 10.9. The maximum absolute atomic E-state index is 12.2. The first-order valence-electron chi connectivity index (χ1n) is 5.99. The van der Waals surface area contributed by atoms with E-state index < -0.39 is 5.97 Å². The van der Waals surface area contributed by atoms with Crippen LogP contribution >= 0.6 is 23.1 Å². The molecular weight excluding hydrogens is 299 g/mol. The van der Waals surface area contributed by atoms with Crippen LogP contribution in [0.5, 0.6) is 0 Å². The van der Waals surface area contributed by atoms with Crippen LogP contribution in [0.3, 0.4) is 0 Å². The van der Waals surface area contributed by atoms with Gasteiger partial charge in [-0.2, -0.15) is 5.10 Å². The van der Waals surface area contributed by atoms with Crippen molar-refractivity contribution < 1.29 is 14.3 Å². The van der Waals surface area contributed by atoms with E-state index in [2.05, 4.69) is 10.5 Å². The fourth-order valence-corrected chi connectivity index (χ4v) is 3.48. The summed E-state index contributed by atoms with van der Waals surface area (Å²) < 4.78 is 13.7. The molecule has 0 aliphatic carbocycles. The zero-order valence-electron chi connectivity index (χ0n) is 11.1. The van der Waals surface area contributed by atoms with Crippen LogP contribution in [0.2, 0.25) is 0 Å². The summed E-state index contributed by atoms with van der Waals surface area (Å²) in [6, 6.07) is 1.85. The lowest BCUT2D eigenvalue weighted by molar-refractivity contribution is 0.0693. The van der Waals surface area contributed by atoms with Crippen molar-refractivity contribution in [2.45, 2.75) is 17.9 Å². The molecule has 0 saturated heterocycles. The number of alkyl halides is 1. The molecule has 4 nitrogen and oxygen atoms in total. The van der Waals surface area contributed by atoms with E-state index in [9.17, 15) is 14.3 Å². The van der Waals surface area contributed by atoms with E-state index in [4.69, 9.17) is 0 Å². The van der Waals surface area contributed by atoms with Crippen molar-refractivity contribution >= 4 is 29.1 Å². The molecule has 0 bridgehead atoms. The monoisotopic (exact) mass is 313 g/mol. The van der Waals surface area contributed by atoms with Gasteiger partial charge in [0.2, 0.25) is 0 Å². The van der Waals surface area contributed by atoms with Gasteiger partial charge in [-0.05, 0) is 30.7 Å². The summed E-state index contributed by atoms with van der Waals surface area (Å²) in [5.41, 5.74) is 1.57. The molecule has 2 aromatic rings. The van der Waals surface area contributed by atoms with Crippen LogP contribution in [0.25, 0.3) is 10.6 Å². The van der Waals surface area contributed by atoms with E-state index in [1.807, 2.05) is 12.3 Å². The van der Waals surface area contributed by atoms with Gasteiger partial charge in [-0.3, -0.25) is 9.07 Å². The Morgan fingerprint density at radius 3 is 3.00 bits per heavy atom. The van der Waals surface area contributed by atoms with Gasteiger partial charge in [0.05, 0.1) is 11.6 Å². The number of thiophene rings is 1. The molecule has 20 heavy (non-hydrogen) atoms. The quantitative estimate of drug-likeness (QED) is 0.832. The highest BCUT2D eigenvalue weighted by Gasteiger charge is 2.23. The molecule has 0 aliphatic rings. The number of carboxylic acid groups (broad SMARTS) is 1. The fourth-order valence-electron chi connectivity index (χ4n) is 1.94. The molecule has 2 heterocycles. The first kappa shape index (κ1) is 15.1. The standard InChI is InChI=1S/C13H14FN2O2S2/c1-16-12(19-2)10(13(17)18)11(15-16)9-6-8(7-20-9)4-3-5-14/h6H,3-5H2,1-2H3,(H,17,18). The predicted molar refractivity (Wildman–Crippen MR) is 78.4 cm³/mol. The van der Waals surface area contributed by atoms with Gasteiger partial charge in [-0.15, -0.1) is 23.1 Å². The van der Waals surface area contributed by atoms with Crippen LogP contribution < -0.4 is 0 Å². The first-order chi connectivity index (χ1) is 9.58. The third-order valence-electron chi connectivity index (χ3n) is 2.81.